The molecule has 2 unspecified atom stereocenters. The van der Waals surface area contributed by atoms with E-state index in [2.05, 4.69) is 6.92 Å². The first kappa shape index (κ1) is 16.6. The summed E-state index contributed by atoms with van der Waals surface area (Å²) < 4.78 is 38.5. The molecule has 0 aromatic carbocycles. The normalized spacial score (nSPS) is 30.2. The highest BCUT2D eigenvalue weighted by Crippen LogP contribution is 2.41. The molecule has 21 heavy (non-hydrogen) atoms. The number of piperidine rings is 1. The minimum Gasteiger partial charge on any atom is -0.342 e. The van der Waals surface area contributed by atoms with Crippen LogP contribution in [0.15, 0.2) is 0 Å². The Bertz CT molecular complexity index is 376. The van der Waals surface area contributed by atoms with Crippen molar-refractivity contribution in [2.75, 3.05) is 19.6 Å². The van der Waals surface area contributed by atoms with E-state index in [-0.39, 0.29) is 24.2 Å². The summed E-state index contributed by atoms with van der Waals surface area (Å²) in [5.41, 5.74) is 5.81. The largest absolute Gasteiger partial charge is 0.391 e. The molecule has 1 amide bonds. The second-order valence-corrected chi connectivity index (χ2v) is 6.94. The average molecular weight is 306 g/mol. The van der Waals surface area contributed by atoms with Crippen LogP contribution in [0, 0.1) is 17.3 Å². The smallest absolute Gasteiger partial charge is 0.342 e. The first-order chi connectivity index (χ1) is 9.75. The summed E-state index contributed by atoms with van der Waals surface area (Å²) in [6, 6.07) is 0. The van der Waals surface area contributed by atoms with Crippen LogP contribution in [0.3, 0.4) is 0 Å². The van der Waals surface area contributed by atoms with Gasteiger partial charge in [-0.2, -0.15) is 13.2 Å². The lowest BCUT2D eigenvalue weighted by atomic mass is 9.78. The van der Waals surface area contributed by atoms with E-state index < -0.39 is 18.0 Å². The van der Waals surface area contributed by atoms with Crippen molar-refractivity contribution in [3.63, 3.8) is 0 Å². The summed E-state index contributed by atoms with van der Waals surface area (Å²) >= 11 is 0. The number of amides is 1. The molecule has 122 valence electrons. The van der Waals surface area contributed by atoms with Crippen molar-refractivity contribution in [1.29, 1.82) is 0 Å². The number of carbonyl (C=O) groups excluding carboxylic acids is 1. The number of alkyl halides is 3. The van der Waals surface area contributed by atoms with Crippen LogP contribution in [0.4, 0.5) is 13.2 Å². The van der Waals surface area contributed by atoms with Crippen LogP contribution in [0.25, 0.3) is 0 Å². The molecule has 3 nitrogen and oxygen atoms in total. The van der Waals surface area contributed by atoms with E-state index >= 15 is 0 Å². The summed E-state index contributed by atoms with van der Waals surface area (Å²) in [5.74, 6) is -1.84. The highest BCUT2D eigenvalue weighted by molar-refractivity contribution is 5.79. The quantitative estimate of drug-likeness (QED) is 0.852. The molecule has 1 heterocycles. The standard InChI is InChI=1S/C15H25F3N2O/c1-14(10-19)5-7-20(8-6-14)13(21)11-3-2-4-12(9-11)15(16,17)18/h11-12H,2-10,19H2,1H3. The molecule has 1 saturated carbocycles. The lowest BCUT2D eigenvalue weighted by molar-refractivity contribution is -0.187. The Hall–Kier alpha value is -0.780. The van der Waals surface area contributed by atoms with Crippen LogP contribution < -0.4 is 5.73 Å². The second kappa shape index (κ2) is 6.15. The number of nitrogens with two attached hydrogens (primary N) is 1. The Balaban J connectivity index is 1.92. The monoisotopic (exact) mass is 306 g/mol. The molecule has 0 bridgehead atoms. The van der Waals surface area contributed by atoms with Crippen LogP contribution in [0.5, 0.6) is 0 Å². The Labute approximate surface area is 124 Å². The second-order valence-electron chi connectivity index (χ2n) is 6.94. The van der Waals surface area contributed by atoms with Crippen LogP contribution in [-0.2, 0) is 4.79 Å². The van der Waals surface area contributed by atoms with E-state index in [0.29, 0.717) is 32.5 Å². The van der Waals surface area contributed by atoms with Gasteiger partial charge < -0.3 is 10.6 Å². The molecule has 2 rings (SSSR count). The third-order valence-corrected chi connectivity index (χ3v) is 5.26. The number of nitrogens with zero attached hydrogens (tertiary/aromatic N) is 1. The maximum Gasteiger partial charge on any atom is 0.391 e. The average Bonchev–Trinajstić information content (AvgIpc) is 2.47. The van der Waals surface area contributed by atoms with Gasteiger partial charge >= 0.3 is 6.18 Å². The van der Waals surface area contributed by atoms with Crippen molar-refractivity contribution >= 4 is 5.91 Å². The van der Waals surface area contributed by atoms with Crippen molar-refractivity contribution in [1.82, 2.24) is 4.90 Å². The third-order valence-electron chi connectivity index (χ3n) is 5.26. The lowest BCUT2D eigenvalue weighted by Crippen LogP contribution is -2.47. The van der Waals surface area contributed by atoms with Crippen molar-refractivity contribution in [2.24, 2.45) is 23.0 Å². The molecule has 1 saturated heterocycles. The number of hydrogen-bond donors (Lipinski definition) is 1. The topological polar surface area (TPSA) is 46.3 Å². The van der Waals surface area contributed by atoms with Gasteiger partial charge in [0.15, 0.2) is 0 Å². The lowest BCUT2D eigenvalue weighted by Gasteiger charge is -2.41. The zero-order valence-electron chi connectivity index (χ0n) is 12.6. The van der Waals surface area contributed by atoms with Crippen molar-refractivity contribution in [2.45, 2.75) is 51.6 Å². The van der Waals surface area contributed by atoms with E-state index in [0.717, 1.165) is 12.8 Å². The maximum absolute atomic E-state index is 12.8. The Kier molecular flexibility index (Phi) is 4.85. The fourth-order valence-electron chi connectivity index (χ4n) is 3.44. The van der Waals surface area contributed by atoms with Gasteiger partial charge in [-0.15, -0.1) is 0 Å². The van der Waals surface area contributed by atoms with Gasteiger partial charge in [-0.25, -0.2) is 0 Å². The highest BCUT2D eigenvalue weighted by Gasteiger charge is 2.44. The first-order valence-corrected chi connectivity index (χ1v) is 7.81. The zero-order chi connectivity index (χ0) is 15.7. The minimum absolute atomic E-state index is 0.0347. The van der Waals surface area contributed by atoms with Gasteiger partial charge in [0.1, 0.15) is 0 Å². The van der Waals surface area contributed by atoms with Crippen LogP contribution in [0.1, 0.15) is 45.4 Å². The number of carbonyl (C=O) groups is 1. The molecule has 2 atom stereocenters. The predicted molar refractivity (Wildman–Crippen MR) is 74.5 cm³/mol. The molecule has 6 heteroatoms. The molecule has 0 aromatic rings. The van der Waals surface area contributed by atoms with Gasteiger partial charge in [0.25, 0.3) is 0 Å². The SMILES string of the molecule is CC1(CN)CCN(C(=O)C2CCCC(C(F)(F)F)C2)CC1. The molecule has 0 aromatic heterocycles. The van der Waals surface area contributed by atoms with E-state index in [4.69, 9.17) is 5.73 Å². The Morgan fingerprint density at radius 2 is 1.90 bits per heavy atom. The molecule has 2 N–H and O–H groups in total. The van der Waals surface area contributed by atoms with Crippen LogP contribution in [-0.4, -0.2) is 36.6 Å². The summed E-state index contributed by atoms with van der Waals surface area (Å²) in [5, 5.41) is 0. The zero-order valence-corrected chi connectivity index (χ0v) is 12.6. The molecule has 2 aliphatic rings. The number of hydrogen-bond acceptors (Lipinski definition) is 2. The third kappa shape index (κ3) is 3.90. The van der Waals surface area contributed by atoms with Gasteiger partial charge in [-0.05, 0) is 44.1 Å². The van der Waals surface area contributed by atoms with E-state index in [1.54, 1.807) is 4.90 Å². The molecule has 1 aliphatic carbocycles. The molecule has 0 spiro atoms. The maximum atomic E-state index is 12.8. The molecular formula is C15H25F3N2O. The molecule has 0 radical (unpaired) electrons. The van der Waals surface area contributed by atoms with Gasteiger partial charge in [0, 0.05) is 19.0 Å². The van der Waals surface area contributed by atoms with Crippen molar-refractivity contribution < 1.29 is 18.0 Å². The fraction of sp³-hybridized carbons (Fsp3) is 0.933. The van der Waals surface area contributed by atoms with Crippen LogP contribution >= 0.6 is 0 Å². The van der Waals surface area contributed by atoms with E-state index in [1.165, 1.54) is 0 Å². The molecule has 2 fully saturated rings. The van der Waals surface area contributed by atoms with E-state index in [9.17, 15) is 18.0 Å². The van der Waals surface area contributed by atoms with E-state index in [1.807, 2.05) is 0 Å². The minimum atomic E-state index is -4.17. The van der Waals surface area contributed by atoms with Crippen molar-refractivity contribution in [3.05, 3.63) is 0 Å². The number of rotatable bonds is 2. The summed E-state index contributed by atoms with van der Waals surface area (Å²) in [7, 11) is 0. The number of likely N-dealkylation sites (tertiary alicyclic amines) is 1. The summed E-state index contributed by atoms with van der Waals surface area (Å²) in [6.45, 7) is 3.95. The summed E-state index contributed by atoms with van der Waals surface area (Å²) in [6.07, 6.45) is -1.27. The van der Waals surface area contributed by atoms with Gasteiger partial charge in [-0.3, -0.25) is 4.79 Å². The first-order valence-electron chi connectivity index (χ1n) is 7.81. The highest BCUT2D eigenvalue weighted by atomic mass is 19.4. The van der Waals surface area contributed by atoms with Crippen LogP contribution in [0.2, 0.25) is 0 Å². The molecule has 1 aliphatic heterocycles. The molecular weight excluding hydrogens is 281 g/mol. The number of halogens is 3. The van der Waals surface area contributed by atoms with Gasteiger partial charge in [0.2, 0.25) is 5.91 Å². The Morgan fingerprint density at radius 1 is 1.29 bits per heavy atom. The van der Waals surface area contributed by atoms with Gasteiger partial charge in [0.05, 0.1) is 5.92 Å². The Morgan fingerprint density at radius 3 is 2.43 bits per heavy atom. The fourth-order valence-corrected chi connectivity index (χ4v) is 3.44. The predicted octanol–water partition coefficient (Wildman–Crippen LogP) is 2.94. The summed E-state index contributed by atoms with van der Waals surface area (Å²) in [4.78, 5) is 14.2. The van der Waals surface area contributed by atoms with Crippen molar-refractivity contribution in [3.8, 4) is 0 Å². The van der Waals surface area contributed by atoms with Gasteiger partial charge in [-0.1, -0.05) is 13.3 Å².